The van der Waals surface area contributed by atoms with Gasteiger partial charge in [-0.2, -0.15) is 13.2 Å². The molecule has 0 aliphatic rings. The number of carbonyl (C=O) groups is 1. The molecule has 0 spiro atoms. The average Bonchev–Trinajstić information content (AvgIpc) is 2.61. The summed E-state index contributed by atoms with van der Waals surface area (Å²) in [5.41, 5.74) is -0.421. The largest absolute Gasteiger partial charge is 0.490 e. The number of anilines is 1. The molecule has 0 bridgehead atoms. The first-order valence-electron chi connectivity index (χ1n) is 7.81. The Hall–Kier alpha value is -3.29. The van der Waals surface area contributed by atoms with Gasteiger partial charge in [0.15, 0.2) is 5.76 Å². The van der Waals surface area contributed by atoms with E-state index in [4.69, 9.17) is 9.15 Å². The third kappa shape index (κ3) is 3.64. The van der Waals surface area contributed by atoms with E-state index in [0.717, 1.165) is 12.1 Å². The van der Waals surface area contributed by atoms with E-state index in [1.165, 1.54) is 38.3 Å². The smallest absolute Gasteiger partial charge is 0.416 e. The topological polar surface area (TPSA) is 68.5 Å². The van der Waals surface area contributed by atoms with Gasteiger partial charge in [0.05, 0.1) is 18.1 Å². The molecule has 1 heterocycles. The molecule has 0 saturated heterocycles. The van der Waals surface area contributed by atoms with Crippen LogP contribution >= 0.6 is 0 Å². The highest BCUT2D eigenvalue weighted by Gasteiger charge is 2.30. The number of alkyl halides is 3. The maximum Gasteiger partial charge on any atom is 0.416 e. The van der Waals surface area contributed by atoms with Crippen LogP contribution in [0, 0.1) is 0 Å². The molecular weight excluding hydrogens is 363 g/mol. The van der Waals surface area contributed by atoms with Crippen LogP contribution in [0.2, 0.25) is 0 Å². The quantitative estimate of drug-likeness (QED) is 0.732. The molecule has 0 atom stereocenters. The minimum Gasteiger partial charge on any atom is -0.490 e. The Morgan fingerprint density at radius 2 is 1.78 bits per heavy atom. The molecule has 27 heavy (non-hydrogen) atoms. The van der Waals surface area contributed by atoms with E-state index in [0.29, 0.717) is 5.69 Å². The summed E-state index contributed by atoms with van der Waals surface area (Å²) >= 11 is 0. The lowest BCUT2D eigenvalue weighted by molar-refractivity contribution is -0.137. The van der Waals surface area contributed by atoms with Gasteiger partial charge in [0.1, 0.15) is 5.58 Å². The summed E-state index contributed by atoms with van der Waals surface area (Å²) in [5.74, 6) is -0.412. The van der Waals surface area contributed by atoms with Gasteiger partial charge in [-0.15, -0.1) is 0 Å². The third-order valence-electron chi connectivity index (χ3n) is 3.85. The molecule has 0 radical (unpaired) electrons. The lowest BCUT2D eigenvalue weighted by atomic mass is 10.1. The van der Waals surface area contributed by atoms with Crippen molar-refractivity contribution >= 4 is 22.6 Å². The summed E-state index contributed by atoms with van der Waals surface area (Å²) in [6.45, 7) is 1.33. The summed E-state index contributed by atoms with van der Waals surface area (Å²) in [6.07, 6.45) is -4.47. The number of amides is 1. The number of fused-ring (bicyclic) bond motifs is 1. The number of benzene rings is 2. The van der Waals surface area contributed by atoms with Gasteiger partial charge in [-0.1, -0.05) is 12.1 Å². The van der Waals surface area contributed by atoms with Crippen LogP contribution in [-0.4, -0.2) is 13.0 Å². The molecular formula is C19H14F3NO4. The number of halogens is 3. The predicted octanol–water partition coefficient (Wildman–Crippen LogP) is 4.45. The SMILES string of the molecule is COc1c(-c2ccc(C(F)(F)F)cc2)oc2ccc(NC(C)=O)cc2c1=O. The molecule has 0 aliphatic heterocycles. The van der Waals surface area contributed by atoms with Crippen LogP contribution < -0.4 is 15.5 Å². The minimum absolute atomic E-state index is 0.0241. The van der Waals surface area contributed by atoms with Gasteiger partial charge >= 0.3 is 6.18 Å². The molecule has 140 valence electrons. The second-order valence-electron chi connectivity index (χ2n) is 5.76. The number of rotatable bonds is 3. The van der Waals surface area contributed by atoms with Crippen LogP contribution in [0.5, 0.6) is 5.75 Å². The van der Waals surface area contributed by atoms with Crippen molar-refractivity contribution in [1.29, 1.82) is 0 Å². The number of nitrogens with one attached hydrogen (secondary N) is 1. The maximum atomic E-state index is 12.7. The molecule has 1 amide bonds. The molecule has 1 aromatic heterocycles. The number of hydrogen-bond acceptors (Lipinski definition) is 4. The second-order valence-corrected chi connectivity index (χ2v) is 5.76. The first-order chi connectivity index (χ1) is 12.7. The molecule has 8 heteroatoms. The van der Waals surface area contributed by atoms with Gasteiger partial charge in [-0.05, 0) is 30.3 Å². The highest BCUT2D eigenvalue weighted by Crippen LogP contribution is 2.34. The fourth-order valence-corrected chi connectivity index (χ4v) is 2.65. The van der Waals surface area contributed by atoms with Crippen LogP contribution in [0.15, 0.2) is 51.7 Å². The van der Waals surface area contributed by atoms with Gasteiger partial charge in [-0.25, -0.2) is 0 Å². The Morgan fingerprint density at radius 3 is 2.33 bits per heavy atom. The van der Waals surface area contributed by atoms with Crippen molar-refractivity contribution in [1.82, 2.24) is 0 Å². The van der Waals surface area contributed by atoms with E-state index >= 15 is 0 Å². The number of carbonyl (C=O) groups excluding carboxylic acids is 1. The van der Waals surface area contributed by atoms with E-state index in [1.807, 2.05) is 0 Å². The molecule has 0 saturated carbocycles. The summed E-state index contributed by atoms with van der Waals surface area (Å²) in [6, 6.07) is 8.71. The zero-order valence-corrected chi connectivity index (χ0v) is 14.3. The van der Waals surface area contributed by atoms with Crippen molar-refractivity contribution in [2.24, 2.45) is 0 Å². The highest BCUT2D eigenvalue weighted by molar-refractivity contribution is 5.92. The van der Waals surface area contributed by atoms with Gasteiger partial charge in [0.2, 0.25) is 17.1 Å². The number of methoxy groups -OCH3 is 1. The lowest BCUT2D eigenvalue weighted by Gasteiger charge is -2.11. The fourth-order valence-electron chi connectivity index (χ4n) is 2.65. The summed E-state index contributed by atoms with van der Waals surface area (Å²) < 4.78 is 49.1. The van der Waals surface area contributed by atoms with E-state index in [9.17, 15) is 22.8 Å². The van der Waals surface area contributed by atoms with Crippen molar-refractivity contribution in [3.05, 3.63) is 58.3 Å². The van der Waals surface area contributed by atoms with Gasteiger partial charge in [-0.3, -0.25) is 9.59 Å². The Labute approximate surface area is 151 Å². The van der Waals surface area contributed by atoms with Crippen molar-refractivity contribution in [3.8, 4) is 17.1 Å². The zero-order valence-electron chi connectivity index (χ0n) is 14.3. The summed E-state index contributed by atoms with van der Waals surface area (Å²) in [5, 5.41) is 2.74. The van der Waals surface area contributed by atoms with Crippen molar-refractivity contribution in [2.75, 3.05) is 12.4 Å². The van der Waals surface area contributed by atoms with Crippen LogP contribution in [0.1, 0.15) is 12.5 Å². The minimum atomic E-state index is -4.47. The molecule has 0 unspecified atom stereocenters. The highest BCUT2D eigenvalue weighted by atomic mass is 19.4. The van der Waals surface area contributed by atoms with E-state index in [1.54, 1.807) is 6.07 Å². The summed E-state index contributed by atoms with van der Waals surface area (Å²) in [7, 11) is 1.27. The Bertz CT molecular complexity index is 1070. The third-order valence-corrected chi connectivity index (χ3v) is 3.85. The first-order valence-corrected chi connectivity index (χ1v) is 7.81. The molecule has 3 rings (SSSR count). The van der Waals surface area contributed by atoms with Gasteiger partial charge < -0.3 is 14.5 Å². The van der Waals surface area contributed by atoms with Crippen LogP contribution in [-0.2, 0) is 11.0 Å². The fraction of sp³-hybridized carbons (Fsp3) is 0.158. The lowest BCUT2D eigenvalue weighted by Crippen LogP contribution is -2.10. The summed E-state index contributed by atoms with van der Waals surface area (Å²) in [4.78, 5) is 23.9. The second kappa shape index (κ2) is 6.79. The molecule has 0 aliphatic carbocycles. The Morgan fingerprint density at radius 1 is 1.11 bits per heavy atom. The van der Waals surface area contributed by atoms with E-state index < -0.39 is 17.2 Å². The Kier molecular flexibility index (Phi) is 4.65. The van der Waals surface area contributed by atoms with Crippen LogP contribution in [0.4, 0.5) is 18.9 Å². The molecule has 5 nitrogen and oxygen atoms in total. The predicted molar refractivity (Wildman–Crippen MR) is 93.8 cm³/mol. The normalized spacial score (nSPS) is 11.4. The Balaban J connectivity index is 2.16. The maximum absolute atomic E-state index is 12.7. The van der Waals surface area contributed by atoms with Crippen LogP contribution in [0.3, 0.4) is 0 Å². The monoisotopic (exact) mass is 377 g/mol. The molecule has 3 aromatic rings. The van der Waals surface area contributed by atoms with Crippen LogP contribution in [0.25, 0.3) is 22.3 Å². The number of ether oxygens (including phenoxy) is 1. The molecule has 2 aromatic carbocycles. The van der Waals surface area contributed by atoms with Gasteiger partial charge in [0, 0.05) is 18.2 Å². The molecule has 0 fully saturated rings. The number of hydrogen-bond donors (Lipinski definition) is 1. The zero-order chi connectivity index (χ0) is 19.8. The standard InChI is InChI=1S/C19H14F3NO4/c1-10(24)23-13-7-8-15-14(9-13)16(25)18(26-2)17(27-15)11-3-5-12(6-4-11)19(20,21)22/h3-9H,1-2H3,(H,23,24). The van der Waals surface area contributed by atoms with E-state index in [-0.39, 0.29) is 33.9 Å². The first kappa shape index (κ1) is 18.5. The average molecular weight is 377 g/mol. The van der Waals surface area contributed by atoms with Crippen molar-refractivity contribution < 1.29 is 27.1 Å². The van der Waals surface area contributed by atoms with Gasteiger partial charge in [0.25, 0.3) is 0 Å². The van der Waals surface area contributed by atoms with Crippen molar-refractivity contribution in [3.63, 3.8) is 0 Å². The van der Waals surface area contributed by atoms with Crippen molar-refractivity contribution in [2.45, 2.75) is 13.1 Å². The van der Waals surface area contributed by atoms with E-state index in [2.05, 4.69) is 5.32 Å². The molecule has 1 N–H and O–H groups in total.